The van der Waals surface area contributed by atoms with Crippen LogP contribution in [0.1, 0.15) is 10.4 Å². The number of anilines is 1. The maximum atomic E-state index is 13.3. The zero-order chi connectivity index (χ0) is 11.5. The summed E-state index contributed by atoms with van der Waals surface area (Å²) in [6, 6.07) is 7.77. The van der Waals surface area contributed by atoms with Crippen molar-refractivity contribution < 1.29 is 9.18 Å². The molecule has 80 valence electrons. The fourth-order valence-corrected chi connectivity index (χ4v) is 1.47. The first-order valence-corrected chi connectivity index (χ1v) is 4.68. The summed E-state index contributed by atoms with van der Waals surface area (Å²) in [6.07, 6.45) is 2.01. The number of nitrogen functional groups attached to an aromatic ring is 1. The van der Waals surface area contributed by atoms with Crippen molar-refractivity contribution in [2.24, 2.45) is 0 Å². The molecule has 1 aromatic carbocycles. The average molecular weight is 216 g/mol. The first-order chi connectivity index (χ1) is 7.72. The standard InChI is InChI=1S/C12H9FN2O/c13-11-3-1-2-9(10(11)7-16)8-4-5-12(14)15-6-8/h1-7H,(H2,14,15). The molecule has 0 amide bonds. The summed E-state index contributed by atoms with van der Waals surface area (Å²) >= 11 is 0. The van der Waals surface area contributed by atoms with Crippen LogP contribution in [0.4, 0.5) is 10.2 Å². The summed E-state index contributed by atoms with van der Waals surface area (Å²) in [5, 5.41) is 0. The molecule has 0 aliphatic carbocycles. The second-order valence-corrected chi connectivity index (χ2v) is 3.29. The molecule has 1 aromatic heterocycles. The Morgan fingerprint density at radius 2 is 2.06 bits per heavy atom. The predicted molar refractivity (Wildman–Crippen MR) is 59.4 cm³/mol. The van der Waals surface area contributed by atoms with Crippen LogP contribution in [0.25, 0.3) is 11.1 Å². The van der Waals surface area contributed by atoms with Gasteiger partial charge in [0.25, 0.3) is 0 Å². The highest BCUT2D eigenvalue weighted by molar-refractivity contribution is 5.87. The Bertz CT molecular complexity index is 523. The second-order valence-electron chi connectivity index (χ2n) is 3.29. The molecule has 0 saturated heterocycles. The van der Waals surface area contributed by atoms with Crippen LogP contribution in [0.15, 0.2) is 36.5 Å². The van der Waals surface area contributed by atoms with Crippen molar-refractivity contribution in [2.75, 3.05) is 5.73 Å². The van der Waals surface area contributed by atoms with E-state index in [1.165, 1.54) is 12.3 Å². The van der Waals surface area contributed by atoms with Gasteiger partial charge in [0, 0.05) is 11.8 Å². The van der Waals surface area contributed by atoms with Crippen molar-refractivity contribution in [1.82, 2.24) is 4.98 Å². The maximum absolute atomic E-state index is 13.3. The molecule has 2 N–H and O–H groups in total. The van der Waals surface area contributed by atoms with E-state index in [2.05, 4.69) is 4.98 Å². The summed E-state index contributed by atoms with van der Waals surface area (Å²) in [7, 11) is 0. The normalized spacial score (nSPS) is 10.1. The summed E-state index contributed by atoms with van der Waals surface area (Å²) in [5.74, 6) is -0.155. The number of aromatic nitrogens is 1. The van der Waals surface area contributed by atoms with Crippen LogP contribution in [0, 0.1) is 5.82 Å². The molecule has 0 unspecified atom stereocenters. The molecule has 4 heteroatoms. The highest BCUT2D eigenvalue weighted by Gasteiger charge is 2.09. The van der Waals surface area contributed by atoms with Crippen LogP contribution in [-0.2, 0) is 0 Å². The highest BCUT2D eigenvalue weighted by atomic mass is 19.1. The van der Waals surface area contributed by atoms with E-state index in [0.717, 1.165) is 0 Å². The van der Waals surface area contributed by atoms with Crippen molar-refractivity contribution >= 4 is 12.1 Å². The number of nitrogens with zero attached hydrogens (tertiary/aromatic N) is 1. The van der Waals surface area contributed by atoms with Crippen molar-refractivity contribution in [3.05, 3.63) is 47.9 Å². The minimum absolute atomic E-state index is 0.0362. The Balaban J connectivity index is 2.59. The molecule has 0 fully saturated rings. The topological polar surface area (TPSA) is 56.0 Å². The SMILES string of the molecule is Nc1ccc(-c2cccc(F)c2C=O)cn1. The van der Waals surface area contributed by atoms with Gasteiger partial charge in [-0.2, -0.15) is 0 Å². The molecule has 3 nitrogen and oxygen atoms in total. The Morgan fingerprint density at radius 1 is 1.25 bits per heavy atom. The second kappa shape index (κ2) is 4.10. The monoisotopic (exact) mass is 216 g/mol. The predicted octanol–water partition coefficient (Wildman–Crippen LogP) is 2.28. The lowest BCUT2D eigenvalue weighted by Gasteiger charge is -2.05. The van der Waals surface area contributed by atoms with E-state index < -0.39 is 5.82 Å². The van der Waals surface area contributed by atoms with Gasteiger partial charge in [0.2, 0.25) is 0 Å². The number of aldehydes is 1. The number of hydrogen-bond acceptors (Lipinski definition) is 3. The molecular formula is C12H9FN2O. The molecule has 2 aromatic rings. The lowest BCUT2D eigenvalue weighted by atomic mass is 10.0. The molecule has 0 radical (unpaired) electrons. The summed E-state index contributed by atoms with van der Waals surface area (Å²) in [6.45, 7) is 0. The maximum Gasteiger partial charge on any atom is 0.153 e. The summed E-state index contributed by atoms with van der Waals surface area (Å²) in [4.78, 5) is 14.7. The van der Waals surface area contributed by atoms with Crippen LogP contribution in [0.2, 0.25) is 0 Å². The van der Waals surface area contributed by atoms with Crippen molar-refractivity contribution in [3.63, 3.8) is 0 Å². The largest absolute Gasteiger partial charge is 0.384 e. The Morgan fingerprint density at radius 3 is 2.69 bits per heavy atom. The van der Waals surface area contributed by atoms with Gasteiger partial charge in [-0.25, -0.2) is 9.37 Å². The number of hydrogen-bond donors (Lipinski definition) is 1. The molecular weight excluding hydrogens is 207 g/mol. The van der Waals surface area contributed by atoms with Crippen LogP contribution >= 0.6 is 0 Å². The van der Waals surface area contributed by atoms with Gasteiger partial charge in [-0.1, -0.05) is 12.1 Å². The number of rotatable bonds is 2. The van der Waals surface area contributed by atoms with E-state index in [-0.39, 0.29) is 5.56 Å². The molecule has 2 rings (SSSR count). The van der Waals surface area contributed by atoms with E-state index in [0.29, 0.717) is 23.2 Å². The van der Waals surface area contributed by atoms with E-state index >= 15 is 0 Å². The zero-order valence-corrected chi connectivity index (χ0v) is 8.35. The molecule has 16 heavy (non-hydrogen) atoms. The average Bonchev–Trinajstić information content (AvgIpc) is 2.30. The fourth-order valence-electron chi connectivity index (χ4n) is 1.47. The van der Waals surface area contributed by atoms with Gasteiger partial charge in [0.15, 0.2) is 6.29 Å². The quantitative estimate of drug-likeness (QED) is 0.783. The van der Waals surface area contributed by atoms with Gasteiger partial charge in [0.1, 0.15) is 11.6 Å². The molecule has 0 spiro atoms. The fraction of sp³-hybridized carbons (Fsp3) is 0. The van der Waals surface area contributed by atoms with Crippen molar-refractivity contribution in [1.29, 1.82) is 0 Å². The first kappa shape index (κ1) is 10.3. The van der Waals surface area contributed by atoms with E-state index in [4.69, 9.17) is 5.73 Å². The van der Waals surface area contributed by atoms with E-state index in [9.17, 15) is 9.18 Å². The molecule has 0 saturated carbocycles. The molecule has 0 atom stereocenters. The first-order valence-electron chi connectivity index (χ1n) is 4.68. The van der Waals surface area contributed by atoms with Crippen LogP contribution in [-0.4, -0.2) is 11.3 Å². The molecule has 0 aliphatic heterocycles. The number of halogens is 1. The Kier molecular flexibility index (Phi) is 2.64. The van der Waals surface area contributed by atoms with Crippen LogP contribution < -0.4 is 5.73 Å². The Hall–Kier alpha value is -2.23. The van der Waals surface area contributed by atoms with Gasteiger partial charge in [-0.3, -0.25) is 4.79 Å². The van der Waals surface area contributed by atoms with Crippen LogP contribution in [0.3, 0.4) is 0 Å². The van der Waals surface area contributed by atoms with Crippen molar-refractivity contribution in [2.45, 2.75) is 0 Å². The van der Waals surface area contributed by atoms with Crippen molar-refractivity contribution in [3.8, 4) is 11.1 Å². The zero-order valence-electron chi connectivity index (χ0n) is 8.35. The number of nitrogens with two attached hydrogens (primary N) is 1. The third-order valence-corrected chi connectivity index (χ3v) is 2.27. The van der Waals surface area contributed by atoms with Gasteiger partial charge in [-0.15, -0.1) is 0 Å². The minimum atomic E-state index is -0.538. The molecule has 1 heterocycles. The molecule has 0 aliphatic rings. The summed E-state index contributed by atoms with van der Waals surface area (Å²) in [5.41, 5.74) is 6.67. The highest BCUT2D eigenvalue weighted by Crippen LogP contribution is 2.24. The molecule has 0 bridgehead atoms. The van der Waals surface area contributed by atoms with E-state index in [1.807, 2.05) is 0 Å². The minimum Gasteiger partial charge on any atom is -0.384 e. The lowest BCUT2D eigenvalue weighted by molar-refractivity contribution is 0.112. The van der Waals surface area contributed by atoms with Gasteiger partial charge < -0.3 is 5.73 Å². The smallest absolute Gasteiger partial charge is 0.153 e. The summed E-state index contributed by atoms with van der Waals surface area (Å²) < 4.78 is 13.3. The number of pyridine rings is 1. The number of carbonyl (C=O) groups is 1. The number of benzene rings is 1. The van der Waals surface area contributed by atoms with Gasteiger partial charge in [0.05, 0.1) is 5.56 Å². The third-order valence-electron chi connectivity index (χ3n) is 2.27. The lowest BCUT2D eigenvalue weighted by Crippen LogP contribution is -1.94. The third kappa shape index (κ3) is 1.77. The number of carbonyl (C=O) groups excluding carboxylic acids is 1. The van der Waals surface area contributed by atoms with Gasteiger partial charge >= 0.3 is 0 Å². The van der Waals surface area contributed by atoms with E-state index in [1.54, 1.807) is 24.3 Å². The van der Waals surface area contributed by atoms with Gasteiger partial charge in [-0.05, 0) is 23.8 Å². The van der Waals surface area contributed by atoms with Crippen LogP contribution in [0.5, 0.6) is 0 Å². The Labute approximate surface area is 91.7 Å².